The number of aliphatic carboxylic acids is 1. The van der Waals surface area contributed by atoms with Crippen molar-refractivity contribution in [1.29, 1.82) is 0 Å². The molecule has 0 bridgehead atoms. The molecule has 2 saturated heterocycles. The number of likely N-dealkylation sites (tertiary alicyclic amines) is 1. The number of rotatable bonds is 7. The van der Waals surface area contributed by atoms with E-state index in [4.69, 9.17) is 9.47 Å². The summed E-state index contributed by atoms with van der Waals surface area (Å²) in [6.07, 6.45) is 0.870. The normalized spacial score (nSPS) is 22.0. The molecule has 0 radical (unpaired) electrons. The molecule has 2 aromatic rings. The van der Waals surface area contributed by atoms with E-state index in [0.717, 1.165) is 22.3 Å². The van der Waals surface area contributed by atoms with Crippen molar-refractivity contribution in [2.45, 2.75) is 30.9 Å². The summed E-state index contributed by atoms with van der Waals surface area (Å²) in [5.74, 6) is -1.31. The number of carboxylic acids is 1. The van der Waals surface area contributed by atoms with Crippen molar-refractivity contribution in [3.8, 4) is 11.1 Å². The lowest BCUT2D eigenvalue weighted by atomic mass is 9.76. The van der Waals surface area contributed by atoms with Crippen LogP contribution in [0.5, 0.6) is 0 Å². The fourth-order valence-electron chi connectivity index (χ4n) is 5.42. The number of fused-ring (bicyclic) bond motifs is 3. The van der Waals surface area contributed by atoms with Crippen molar-refractivity contribution >= 4 is 18.0 Å². The Morgan fingerprint density at radius 2 is 1.74 bits per heavy atom. The van der Waals surface area contributed by atoms with Crippen LogP contribution in [0.4, 0.5) is 4.79 Å². The van der Waals surface area contributed by atoms with Crippen LogP contribution >= 0.6 is 0 Å². The summed E-state index contributed by atoms with van der Waals surface area (Å²) in [7, 11) is 0. The molecule has 2 atom stereocenters. The van der Waals surface area contributed by atoms with Crippen LogP contribution in [0.2, 0.25) is 0 Å². The van der Waals surface area contributed by atoms with Gasteiger partial charge in [-0.1, -0.05) is 54.6 Å². The molecule has 0 saturated carbocycles. The van der Waals surface area contributed by atoms with Crippen molar-refractivity contribution in [3.63, 3.8) is 0 Å². The Morgan fingerprint density at radius 3 is 2.34 bits per heavy atom. The van der Waals surface area contributed by atoms with Crippen molar-refractivity contribution in [1.82, 2.24) is 10.2 Å². The third-order valence-corrected chi connectivity index (χ3v) is 7.27. The van der Waals surface area contributed by atoms with Gasteiger partial charge in [-0.05, 0) is 35.1 Å². The first kappa shape index (κ1) is 23.1. The smallest absolute Gasteiger partial charge is 0.407 e. The number of nitrogens with one attached hydrogen (secondary N) is 1. The number of benzene rings is 2. The second-order valence-electron chi connectivity index (χ2n) is 9.43. The maximum atomic E-state index is 13.0. The molecule has 5 rings (SSSR count). The fourth-order valence-corrected chi connectivity index (χ4v) is 5.42. The lowest BCUT2D eigenvalue weighted by molar-refractivity contribution is -0.169. The molecule has 182 valence electrons. The van der Waals surface area contributed by atoms with Gasteiger partial charge in [0, 0.05) is 25.6 Å². The van der Waals surface area contributed by atoms with Crippen molar-refractivity contribution in [3.05, 3.63) is 72.3 Å². The molecule has 2 N–H and O–H groups in total. The minimum Gasteiger partial charge on any atom is -0.481 e. The molecule has 2 aromatic carbocycles. The highest BCUT2D eigenvalue weighted by Gasteiger charge is 2.52. The highest BCUT2D eigenvalue weighted by atomic mass is 16.6. The van der Waals surface area contributed by atoms with Crippen molar-refractivity contribution in [2.75, 3.05) is 26.3 Å². The fraction of sp³-hybridized carbons (Fsp3) is 0.370. The van der Waals surface area contributed by atoms with E-state index >= 15 is 0 Å². The molecule has 2 heterocycles. The van der Waals surface area contributed by atoms with E-state index < -0.39 is 29.6 Å². The topological polar surface area (TPSA) is 105 Å². The largest absolute Gasteiger partial charge is 0.481 e. The number of carbonyl (C=O) groups is 3. The minimum absolute atomic E-state index is 0.0551. The van der Waals surface area contributed by atoms with Crippen LogP contribution in [-0.2, 0) is 19.1 Å². The molecule has 2 aliphatic heterocycles. The number of hydrogen-bond donors (Lipinski definition) is 2. The maximum absolute atomic E-state index is 13.0. The SMILES string of the molecule is C=CCC1(C(=O)O)CN(C(=O)[C@H]2OCC[C@H]2NC(=O)OCC2c3ccccc3-c3ccccc32)C1. The predicted molar refractivity (Wildman–Crippen MR) is 128 cm³/mol. The molecule has 1 aliphatic carbocycles. The van der Waals surface area contributed by atoms with Gasteiger partial charge in [0.15, 0.2) is 6.10 Å². The van der Waals surface area contributed by atoms with Crippen LogP contribution in [-0.4, -0.2) is 66.4 Å². The van der Waals surface area contributed by atoms with Gasteiger partial charge in [-0.15, -0.1) is 6.58 Å². The van der Waals surface area contributed by atoms with E-state index in [-0.39, 0.29) is 31.5 Å². The third kappa shape index (κ3) is 4.08. The van der Waals surface area contributed by atoms with E-state index in [2.05, 4.69) is 36.2 Å². The van der Waals surface area contributed by atoms with E-state index in [1.54, 1.807) is 6.08 Å². The lowest BCUT2D eigenvalue weighted by Crippen LogP contribution is -2.65. The Hall–Kier alpha value is -3.65. The number of carbonyl (C=O) groups excluding carboxylic acids is 2. The summed E-state index contributed by atoms with van der Waals surface area (Å²) < 4.78 is 11.2. The van der Waals surface area contributed by atoms with Crippen LogP contribution < -0.4 is 5.32 Å². The van der Waals surface area contributed by atoms with Crippen LogP contribution in [0.15, 0.2) is 61.2 Å². The minimum atomic E-state index is -0.994. The number of allylic oxidation sites excluding steroid dienone is 1. The molecule has 0 unspecified atom stereocenters. The number of alkyl carbamates (subject to hydrolysis) is 1. The van der Waals surface area contributed by atoms with Gasteiger partial charge in [0.25, 0.3) is 5.91 Å². The van der Waals surface area contributed by atoms with Gasteiger partial charge in [-0.25, -0.2) is 4.79 Å². The van der Waals surface area contributed by atoms with Crippen LogP contribution in [0.3, 0.4) is 0 Å². The Labute approximate surface area is 203 Å². The van der Waals surface area contributed by atoms with Crippen LogP contribution in [0.25, 0.3) is 11.1 Å². The average Bonchev–Trinajstić information content (AvgIpc) is 3.41. The third-order valence-electron chi connectivity index (χ3n) is 7.27. The van der Waals surface area contributed by atoms with E-state index in [0.29, 0.717) is 19.4 Å². The Balaban J connectivity index is 1.19. The monoisotopic (exact) mass is 476 g/mol. The second-order valence-corrected chi connectivity index (χ2v) is 9.43. The number of amides is 2. The molecule has 8 nitrogen and oxygen atoms in total. The summed E-state index contributed by atoms with van der Waals surface area (Å²) in [6, 6.07) is 15.7. The summed E-state index contributed by atoms with van der Waals surface area (Å²) in [5, 5.41) is 12.3. The first-order chi connectivity index (χ1) is 16.9. The zero-order valence-corrected chi connectivity index (χ0v) is 19.3. The Bertz CT molecular complexity index is 1130. The summed E-state index contributed by atoms with van der Waals surface area (Å²) in [4.78, 5) is 38.8. The van der Waals surface area contributed by atoms with Gasteiger partial charge in [-0.3, -0.25) is 9.59 Å². The van der Waals surface area contributed by atoms with Gasteiger partial charge in [0.2, 0.25) is 0 Å². The van der Waals surface area contributed by atoms with Crippen molar-refractivity contribution < 1.29 is 29.0 Å². The summed E-state index contributed by atoms with van der Waals surface area (Å²) in [5.41, 5.74) is 3.55. The molecule has 0 spiro atoms. The van der Waals surface area contributed by atoms with Gasteiger partial charge >= 0.3 is 12.1 Å². The molecule has 3 aliphatic rings. The predicted octanol–water partition coefficient (Wildman–Crippen LogP) is 3.17. The molecular formula is C27H28N2O6. The van der Waals surface area contributed by atoms with E-state index in [1.165, 1.54) is 4.90 Å². The molecular weight excluding hydrogens is 448 g/mol. The van der Waals surface area contributed by atoms with Crippen molar-refractivity contribution in [2.24, 2.45) is 5.41 Å². The summed E-state index contributed by atoms with van der Waals surface area (Å²) in [6.45, 7) is 4.33. The number of carboxylic acid groups (broad SMARTS) is 1. The van der Waals surface area contributed by atoms with Gasteiger partial charge in [0.05, 0.1) is 6.04 Å². The average molecular weight is 477 g/mol. The van der Waals surface area contributed by atoms with E-state index in [1.807, 2.05) is 24.3 Å². The zero-order chi connectivity index (χ0) is 24.6. The second kappa shape index (κ2) is 9.19. The zero-order valence-electron chi connectivity index (χ0n) is 19.3. The molecule has 2 fully saturated rings. The summed E-state index contributed by atoms with van der Waals surface area (Å²) >= 11 is 0. The first-order valence-electron chi connectivity index (χ1n) is 11.8. The molecule has 8 heteroatoms. The number of ether oxygens (including phenoxy) is 2. The lowest BCUT2D eigenvalue weighted by Gasteiger charge is -2.47. The van der Waals surface area contributed by atoms with E-state index in [9.17, 15) is 19.5 Å². The van der Waals surface area contributed by atoms with Gasteiger partial charge < -0.3 is 24.8 Å². The Kier molecular flexibility index (Phi) is 6.06. The maximum Gasteiger partial charge on any atom is 0.407 e. The number of hydrogen-bond acceptors (Lipinski definition) is 5. The van der Waals surface area contributed by atoms with Crippen LogP contribution in [0.1, 0.15) is 29.9 Å². The van der Waals surface area contributed by atoms with Crippen LogP contribution in [0, 0.1) is 5.41 Å². The highest BCUT2D eigenvalue weighted by Crippen LogP contribution is 2.44. The Morgan fingerprint density at radius 1 is 1.11 bits per heavy atom. The molecule has 0 aromatic heterocycles. The first-order valence-corrected chi connectivity index (χ1v) is 11.8. The molecule has 2 amide bonds. The standard InChI is InChI=1S/C27H28N2O6/c1-2-12-27(25(31)32)15-29(16-27)24(30)23-22(11-13-34-23)28-26(33)35-14-21-19-9-5-3-7-17(19)18-8-4-6-10-20(18)21/h2-10,21-23H,1,11-16H2,(H,28,33)(H,31,32)/t22-,23+/m1/s1. The quantitative estimate of drug-likeness (QED) is 0.595. The number of nitrogens with zero attached hydrogens (tertiary/aromatic N) is 1. The molecule has 35 heavy (non-hydrogen) atoms. The highest BCUT2D eigenvalue weighted by molar-refractivity contribution is 5.87. The van der Waals surface area contributed by atoms with Gasteiger partial charge in [-0.2, -0.15) is 0 Å². The van der Waals surface area contributed by atoms with Gasteiger partial charge in [0.1, 0.15) is 12.0 Å².